The second-order valence-corrected chi connectivity index (χ2v) is 5.50. The summed E-state index contributed by atoms with van der Waals surface area (Å²) < 4.78 is 7.56. The van der Waals surface area contributed by atoms with Crippen molar-refractivity contribution in [2.45, 2.75) is 6.92 Å². The average molecular weight is 313 g/mol. The van der Waals surface area contributed by atoms with Crippen molar-refractivity contribution in [3.05, 3.63) is 35.6 Å². The summed E-state index contributed by atoms with van der Waals surface area (Å²) in [5.74, 6) is 0.137. The van der Waals surface area contributed by atoms with Gasteiger partial charge in [0.1, 0.15) is 5.52 Å². The molecule has 1 N–H and O–H groups in total. The summed E-state index contributed by atoms with van der Waals surface area (Å²) in [7, 11) is 0. The summed E-state index contributed by atoms with van der Waals surface area (Å²) in [4.78, 5) is 23.7. The van der Waals surface area contributed by atoms with Crippen molar-refractivity contribution >= 4 is 38.6 Å². The standard InChI is InChI=1S/C14H11N5O2S/c1-2-21-13(20)8-5-16-19(6-8)14-17-9-3-4-10-12(11(9)18-14)15-7-22-10/h3-7H,2H2,1H3,(H,17,18). The molecule has 4 aromatic rings. The largest absolute Gasteiger partial charge is 0.462 e. The molecule has 22 heavy (non-hydrogen) atoms. The highest BCUT2D eigenvalue weighted by molar-refractivity contribution is 7.16. The minimum atomic E-state index is -0.397. The topological polar surface area (TPSA) is 85.7 Å². The van der Waals surface area contributed by atoms with Crippen LogP contribution in [0.2, 0.25) is 0 Å². The van der Waals surface area contributed by atoms with E-state index in [0.717, 1.165) is 21.3 Å². The lowest BCUT2D eigenvalue weighted by molar-refractivity contribution is 0.0526. The summed E-state index contributed by atoms with van der Waals surface area (Å²) >= 11 is 1.58. The molecule has 0 bridgehead atoms. The molecule has 0 unspecified atom stereocenters. The van der Waals surface area contributed by atoms with Gasteiger partial charge >= 0.3 is 5.97 Å². The van der Waals surface area contributed by atoms with Gasteiger partial charge in [0, 0.05) is 6.20 Å². The van der Waals surface area contributed by atoms with E-state index >= 15 is 0 Å². The predicted molar refractivity (Wildman–Crippen MR) is 82.4 cm³/mol. The van der Waals surface area contributed by atoms with Gasteiger partial charge in [0.25, 0.3) is 0 Å². The van der Waals surface area contributed by atoms with Crippen molar-refractivity contribution in [2.24, 2.45) is 0 Å². The second kappa shape index (κ2) is 4.92. The minimum Gasteiger partial charge on any atom is -0.462 e. The molecule has 7 nitrogen and oxygen atoms in total. The maximum absolute atomic E-state index is 11.7. The number of benzene rings is 1. The third kappa shape index (κ3) is 1.96. The Balaban J connectivity index is 1.79. The first-order valence-corrected chi connectivity index (χ1v) is 7.58. The van der Waals surface area contributed by atoms with E-state index in [1.807, 2.05) is 12.1 Å². The Kier molecular flexibility index (Phi) is 2.90. The van der Waals surface area contributed by atoms with Crippen LogP contribution in [0.25, 0.3) is 27.2 Å². The van der Waals surface area contributed by atoms with Crippen LogP contribution in [0.4, 0.5) is 0 Å². The van der Waals surface area contributed by atoms with Gasteiger partial charge in [0.05, 0.1) is 39.6 Å². The number of rotatable bonds is 3. The first-order chi connectivity index (χ1) is 10.8. The molecule has 0 atom stereocenters. The highest BCUT2D eigenvalue weighted by atomic mass is 32.1. The zero-order valence-corrected chi connectivity index (χ0v) is 12.4. The number of thiazole rings is 1. The van der Waals surface area contributed by atoms with Gasteiger partial charge in [-0.05, 0) is 19.1 Å². The number of nitrogens with one attached hydrogen (secondary N) is 1. The molecular weight excluding hydrogens is 302 g/mol. The van der Waals surface area contributed by atoms with Crippen LogP contribution in [0.15, 0.2) is 30.0 Å². The summed E-state index contributed by atoms with van der Waals surface area (Å²) in [5, 5.41) is 4.16. The van der Waals surface area contributed by atoms with E-state index < -0.39 is 5.97 Å². The fourth-order valence-corrected chi connectivity index (χ4v) is 2.94. The van der Waals surface area contributed by atoms with Gasteiger partial charge in [-0.3, -0.25) is 0 Å². The van der Waals surface area contributed by atoms with Crippen molar-refractivity contribution in [3.8, 4) is 5.95 Å². The molecule has 3 aromatic heterocycles. The van der Waals surface area contributed by atoms with Crippen LogP contribution in [0, 0.1) is 0 Å². The molecule has 110 valence electrons. The number of hydrogen-bond acceptors (Lipinski definition) is 6. The fraction of sp³-hybridized carbons (Fsp3) is 0.143. The number of aromatic nitrogens is 5. The van der Waals surface area contributed by atoms with Crippen LogP contribution in [-0.2, 0) is 4.74 Å². The van der Waals surface area contributed by atoms with Gasteiger partial charge in [-0.25, -0.2) is 19.4 Å². The molecule has 3 heterocycles. The third-order valence-corrected chi connectivity index (χ3v) is 4.05. The number of aromatic amines is 1. The normalized spacial score (nSPS) is 11.3. The molecule has 0 aliphatic carbocycles. The Morgan fingerprint density at radius 1 is 1.45 bits per heavy atom. The number of H-pyrrole nitrogens is 1. The predicted octanol–water partition coefficient (Wildman–Crippen LogP) is 2.54. The zero-order valence-electron chi connectivity index (χ0n) is 11.6. The van der Waals surface area contributed by atoms with Gasteiger partial charge in [0.2, 0.25) is 5.95 Å². The maximum atomic E-state index is 11.7. The molecule has 0 fully saturated rings. The van der Waals surface area contributed by atoms with Crippen LogP contribution in [0.5, 0.6) is 0 Å². The molecule has 0 saturated heterocycles. The number of esters is 1. The third-order valence-electron chi connectivity index (χ3n) is 3.25. The van der Waals surface area contributed by atoms with Crippen LogP contribution in [0.1, 0.15) is 17.3 Å². The van der Waals surface area contributed by atoms with Gasteiger partial charge in [-0.15, -0.1) is 11.3 Å². The Hall–Kier alpha value is -2.74. The molecule has 0 amide bonds. The SMILES string of the molecule is CCOC(=O)c1cnn(-c2nc3ccc4scnc4c3[nH]2)c1. The lowest BCUT2D eigenvalue weighted by Gasteiger charge is -1.96. The maximum Gasteiger partial charge on any atom is 0.341 e. The Labute approximate surface area is 128 Å². The molecule has 8 heteroatoms. The fourth-order valence-electron chi connectivity index (χ4n) is 2.26. The van der Waals surface area contributed by atoms with E-state index in [2.05, 4.69) is 20.1 Å². The molecule has 0 aliphatic heterocycles. The monoisotopic (exact) mass is 313 g/mol. The van der Waals surface area contributed by atoms with E-state index in [-0.39, 0.29) is 0 Å². The van der Waals surface area contributed by atoms with Crippen LogP contribution < -0.4 is 0 Å². The summed E-state index contributed by atoms with van der Waals surface area (Å²) in [6, 6.07) is 3.93. The van der Waals surface area contributed by atoms with Crippen molar-refractivity contribution in [3.63, 3.8) is 0 Å². The number of carbonyl (C=O) groups excluding carboxylic acids is 1. The van der Waals surface area contributed by atoms with E-state index in [1.54, 1.807) is 30.0 Å². The van der Waals surface area contributed by atoms with Gasteiger partial charge in [-0.2, -0.15) is 5.10 Å². The van der Waals surface area contributed by atoms with Crippen LogP contribution in [-0.4, -0.2) is 37.3 Å². The second-order valence-electron chi connectivity index (χ2n) is 4.61. The molecule has 4 rings (SSSR count). The first-order valence-electron chi connectivity index (χ1n) is 6.70. The molecule has 0 aliphatic rings. The van der Waals surface area contributed by atoms with Gasteiger partial charge in [0.15, 0.2) is 0 Å². The number of ether oxygens (including phenoxy) is 1. The highest BCUT2D eigenvalue weighted by Gasteiger charge is 2.13. The summed E-state index contributed by atoms with van der Waals surface area (Å²) in [5.41, 5.74) is 4.75. The molecule has 0 saturated carbocycles. The molecular formula is C14H11N5O2S. The average Bonchev–Trinajstić information content (AvgIpc) is 3.24. The van der Waals surface area contributed by atoms with Crippen LogP contribution >= 0.6 is 11.3 Å². The van der Waals surface area contributed by atoms with Crippen molar-refractivity contribution in [1.82, 2.24) is 24.7 Å². The lowest BCUT2D eigenvalue weighted by atomic mass is 10.3. The number of hydrogen-bond donors (Lipinski definition) is 1. The molecule has 0 radical (unpaired) electrons. The number of imidazole rings is 1. The van der Waals surface area contributed by atoms with Crippen LogP contribution in [0.3, 0.4) is 0 Å². The van der Waals surface area contributed by atoms with Crippen molar-refractivity contribution in [1.29, 1.82) is 0 Å². The van der Waals surface area contributed by atoms with Gasteiger partial charge in [-0.1, -0.05) is 0 Å². The van der Waals surface area contributed by atoms with Crippen molar-refractivity contribution < 1.29 is 9.53 Å². The summed E-state index contributed by atoms with van der Waals surface area (Å²) in [6.45, 7) is 2.09. The Bertz CT molecular complexity index is 984. The number of carbonyl (C=O) groups is 1. The first kappa shape index (κ1) is 13.0. The smallest absolute Gasteiger partial charge is 0.341 e. The highest BCUT2D eigenvalue weighted by Crippen LogP contribution is 2.26. The minimum absolute atomic E-state index is 0.330. The molecule has 0 spiro atoms. The number of nitrogens with zero attached hydrogens (tertiary/aromatic N) is 4. The van der Waals surface area contributed by atoms with Gasteiger partial charge < -0.3 is 9.72 Å². The quantitative estimate of drug-likeness (QED) is 0.587. The Morgan fingerprint density at radius 2 is 2.36 bits per heavy atom. The lowest BCUT2D eigenvalue weighted by Crippen LogP contribution is -2.03. The number of fused-ring (bicyclic) bond motifs is 3. The molecule has 1 aromatic carbocycles. The Morgan fingerprint density at radius 3 is 3.23 bits per heavy atom. The van der Waals surface area contributed by atoms with E-state index in [9.17, 15) is 4.79 Å². The summed E-state index contributed by atoms with van der Waals surface area (Å²) in [6.07, 6.45) is 3.05. The zero-order chi connectivity index (χ0) is 15.1. The van der Waals surface area contributed by atoms with E-state index in [0.29, 0.717) is 18.1 Å². The van der Waals surface area contributed by atoms with E-state index in [1.165, 1.54) is 10.9 Å². The van der Waals surface area contributed by atoms with E-state index in [4.69, 9.17) is 4.74 Å². The van der Waals surface area contributed by atoms with Crippen molar-refractivity contribution in [2.75, 3.05) is 6.61 Å².